The lowest BCUT2D eigenvalue weighted by atomic mass is 9.91. The Labute approximate surface area is 196 Å². The van der Waals surface area contributed by atoms with E-state index in [0.717, 1.165) is 42.2 Å². The van der Waals surface area contributed by atoms with Crippen LogP contribution in [0, 0.1) is 12.8 Å². The number of benzene rings is 1. The van der Waals surface area contributed by atoms with E-state index in [1.165, 1.54) is 0 Å². The van der Waals surface area contributed by atoms with E-state index >= 15 is 0 Å². The molecule has 0 N–H and O–H groups in total. The highest BCUT2D eigenvalue weighted by Crippen LogP contribution is 2.28. The first-order chi connectivity index (χ1) is 15.8. The molecular formula is C27H34FN3O2. The smallest absolute Gasteiger partial charge is 0.254 e. The van der Waals surface area contributed by atoms with Gasteiger partial charge < -0.3 is 9.64 Å². The molecule has 176 valence electrons. The number of carbonyl (C=O) groups excluding carboxylic acids is 1. The number of allylic oxidation sites excluding steroid dienone is 1. The number of amides is 1. The Balaban J connectivity index is 2.28. The van der Waals surface area contributed by atoms with Crippen LogP contribution in [-0.2, 0) is 4.74 Å². The van der Waals surface area contributed by atoms with Gasteiger partial charge in [-0.2, -0.15) is 0 Å². The maximum Gasteiger partial charge on any atom is 0.254 e. The van der Waals surface area contributed by atoms with Gasteiger partial charge in [0, 0.05) is 37.0 Å². The van der Waals surface area contributed by atoms with Crippen LogP contribution in [0.25, 0.3) is 11.1 Å². The molecule has 0 saturated carbocycles. The van der Waals surface area contributed by atoms with Gasteiger partial charge in [-0.3, -0.25) is 9.78 Å². The third-order valence-corrected chi connectivity index (χ3v) is 5.65. The number of carbonyl (C=O) groups is 1. The monoisotopic (exact) mass is 451 g/mol. The van der Waals surface area contributed by atoms with Gasteiger partial charge in [-0.25, -0.2) is 9.38 Å². The van der Waals surface area contributed by atoms with E-state index in [-0.39, 0.29) is 23.8 Å². The van der Waals surface area contributed by atoms with Crippen LogP contribution < -0.4 is 0 Å². The fourth-order valence-corrected chi connectivity index (χ4v) is 4.02. The molecule has 0 fully saturated rings. The van der Waals surface area contributed by atoms with Crippen LogP contribution in [0.1, 0.15) is 49.0 Å². The number of hydrogen-bond donors (Lipinski definition) is 0. The molecule has 1 amide bonds. The van der Waals surface area contributed by atoms with Gasteiger partial charge in [0.25, 0.3) is 5.91 Å². The zero-order valence-electron chi connectivity index (χ0n) is 20.1. The molecule has 0 bridgehead atoms. The van der Waals surface area contributed by atoms with Crippen molar-refractivity contribution < 1.29 is 13.9 Å². The van der Waals surface area contributed by atoms with Gasteiger partial charge in [0.05, 0.1) is 12.8 Å². The Hall–Kier alpha value is -3.28. The summed E-state index contributed by atoms with van der Waals surface area (Å²) in [6, 6.07) is 9.70. The number of aromatic nitrogens is 1. The van der Waals surface area contributed by atoms with Gasteiger partial charge in [0.15, 0.2) is 0 Å². The summed E-state index contributed by atoms with van der Waals surface area (Å²) >= 11 is 0. The van der Waals surface area contributed by atoms with Crippen molar-refractivity contribution in [1.29, 1.82) is 0 Å². The summed E-state index contributed by atoms with van der Waals surface area (Å²) in [5, 5.41) is 0. The van der Waals surface area contributed by atoms with Crippen molar-refractivity contribution in [2.24, 2.45) is 10.9 Å². The third kappa shape index (κ3) is 7.38. The molecule has 0 spiro atoms. The minimum atomic E-state index is -0.662. The van der Waals surface area contributed by atoms with Crippen LogP contribution in [0.15, 0.2) is 72.6 Å². The first kappa shape index (κ1) is 26.0. The Kier molecular flexibility index (Phi) is 9.98. The molecular weight excluding hydrogens is 417 g/mol. The molecule has 0 aliphatic heterocycles. The molecule has 5 nitrogen and oxygen atoms in total. The Bertz CT molecular complexity index is 988. The van der Waals surface area contributed by atoms with Gasteiger partial charge in [-0.15, -0.1) is 0 Å². The zero-order chi connectivity index (χ0) is 24.4. The molecule has 2 atom stereocenters. The van der Waals surface area contributed by atoms with Crippen molar-refractivity contribution in [3.63, 3.8) is 0 Å². The van der Waals surface area contributed by atoms with E-state index in [1.807, 2.05) is 49.2 Å². The van der Waals surface area contributed by atoms with Gasteiger partial charge >= 0.3 is 0 Å². The molecule has 1 heterocycles. The van der Waals surface area contributed by atoms with Crippen LogP contribution in [-0.4, -0.2) is 41.7 Å². The van der Waals surface area contributed by atoms with Crippen LogP contribution in [0.4, 0.5) is 4.39 Å². The molecule has 0 aliphatic rings. The standard InChI is InChI=1S/C27H34FN3O2/c1-7-9-23(18-33-21(5)30-17-20(4)28)26(8-2)31(6)27(32)25-16-19(3)10-11-24(25)22-12-14-29-15-13-22/h10-17,23,26H,4-5,7-9,18H2,1-3,6H3/b30-17-. The number of aryl methyl sites for hydroxylation is 1. The van der Waals surface area contributed by atoms with Crippen molar-refractivity contribution in [2.45, 2.75) is 46.1 Å². The second-order valence-electron chi connectivity index (χ2n) is 8.14. The molecule has 0 radical (unpaired) electrons. The van der Waals surface area contributed by atoms with Crippen LogP contribution >= 0.6 is 0 Å². The fourth-order valence-electron chi connectivity index (χ4n) is 4.02. The summed E-state index contributed by atoms with van der Waals surface area (Å²) < 4.78 is 18.5. The summed E-state index contributed by atoms with van der Waals surface area (Å²) in [7, 11) is 1.85. The lowest BCUT2D eigenvalue weighted by Gasteiger charge is -2.34. The Morgan fingerprint density at radius 3 is 2.55 bits per heavy atom. The van der Waals surface area contributed by atoms with Crippen LogP contribution in [0.5, 0.6) is 0 Å². The fraction of sp³-hybridized carbons (Fsp3) is 0.370. The van der Waals surface area contributed by atoms with Gasteiger partial charge in [0.2, 0.25) is 5.88 Å². The van der Waals surface area contributed by atoms with E-state index in [9.17, 15) is 9.18 Å². The Morgan fingerprint density at radius 2 is 1.94 bits per heavy atom. The molecule has 0 aliphatic carbocycles. The molecule has 1 aromatic heterocycles. The van der Waals surface area contributed by atoms with E-state index in [1.54, 1.807) is 12.4 Å². The first-order valence-electron chi connectivity index (χ1n) is 11.3. The van der Waals surface area contributed by atoms with Crippen molar-refractivity contribution in [3.8, 4) is 11.1 Å². The molecule has 0 saturated heterocycles. The van der Waals surface area contributed by atoms with Crippen molar-refractivity contribution in [3.05, 3.63) is 78.7 Å². The first-order valence-corrected chi connectivity index (χ1v) is 11.3. The number of hydrogen-bond acceptors (Lipinski definition) is 4. The lowest BCUT2D eigenvalue weighted by Crippen LogP contribution is -2.43. The highest BCUT2D eigenvalue weighted by molar-refractivity contribution is 6.01. The topological polar surface area (TPSA) is 54.8 Å². The summed E-state index contributed by atoms with van der Waals surface area (Å²) in [5.41, 5.74) is 3.52. The number of rotatable bonds is 12. The van der Waals surface area contributed by atoms with E-state index < -0.39 is 5.83 Å². The number of aliphatic imine (C=N–C) groups is 1. The lowest BCUT2D eigenvalue weighted by molar-refractivity contribution is 0.0547. The molecule has 33 heavy (non-hydrogen) atoms. The molecule has 2 unspecified atom stereocenters. The van der Waals surface area contributed by atoms with E-state index in [0.29, 0.717) is 12.2 Å². The number of nitrogens with zero attached hydrogens (tertiary/aromatic N) is 3. The SMILES string of the molecule is C=C(F)/C=N\C(=C)OCC(CCC)C(CC)N(C)C(=O)c1cc(C)ccc1-c1ccncc1. The Morgan fingerprint density at radius 1 is 1.24 bits per heavy atom. The van der Waals surface area contributed by atoms with E-state index in [2.05, 4.69) is 37.0 Å². The number of ether oxygens (including phenoxy) is 1. The summed E-state index contributed by atoms with van der Waals surface area (Å²) in [6.45, 7) is 13.3. The minimum absolute atomic E-state index is 0.0379. The van der Waals surface area contributed by atoms with Crippen molar-refractivity contribution in [1.82, 2.24) is 9.88 Å². The average Bonchev–Trinajstić information content (AvgIpc) is 2.81. The van der Waals surface area contributed by atoms with Crippen molar-refractivity contribution >= 4 is 12.1 Å². The maximum absolute atomic E-state index is 13.7. The van der Waals surface area contributed by atoms with Gasteiger partial charge in [-0.05, 0) is 55.7 Å². The maximum atomic E-state index is 13.7. The highest BCUT2D eigenvalue weighted by atomic mass is 19.1. The van der Waals surface area contributed by atoms with Gasteiger partial charge in [-0.1, -0.05) is 44.5 Å². The zero-order valence-corrected chi connectivity index (χ0v) is 20.1. The summed E-state index contributed by atoms with van der Waals surface area (Å²) in [6.07, 6.45) is 7.00. The third-order valence-electron chi connectivity index (χ3n) is 5.65. The average molecular weight is 452 g/mol. The molecule has 2 rings (SSSR count). The second-order valence-corrected chi connectivity index (χ2v) is 8.14. The predicted octanol–water partition coefficient (Wildman–Crippen LogP) is 6.37. The van der Waals surface area contributed by atoms with Gasteiger partial charge in [0.1, 0.15) is 5.83 Å². The van der Waals surface area contributed by atoms with E-state index in [4.69, 9.17) is 4.74 Å². The quantitative estimate of drug-likeness (QED) is 0.278. The molecule has 2 aromatic rings. The molecule has 1 aromatic carbocycles. The normalized spacial score (nSPS) is 12.9. The summed E-state index contributed by atoms with van der Waals surface area (Å²) in [5.74, 6) is -0.505. The van der Waals surface area contributed by atoms with Crippen LogP contribution in [0.3, 0.4) is 0 Å². The summed E-state index contributed by atoms with van der Waals surface area (Å²) in [4.78, 5) is 23.4. The van der Waals surface area contributed by atoms with Crippen molar-refractivity contribution in [2.75, 3.05) is 13.7 Å². The largest absolute Gasteiger partial charge is 0.478 e. The number of pyridine rings is 1. The highest BCUT2D eigenvalue weighted by Gasteiger charge is 2.29. The number of halogens is 1. The minimum Gasteiger partial charge on any atom is -0.478 e. The van der Waals surface area contributed by atoms with Crippen LogP contribution in [0.2, 0.25) is 0 Å². The predicted molar refractivity (Wildman–Crippen MR) is 133 cm³/mol. The molecule has 6 heteroatoms. The second kappa shape index (κ2) is 12.7.